The normalized spacial score (nSPS) is 11.9. The summed E-state index contributed by atoms with van der Waals surface area (Å²) >= 11 is 0. The summed E-state index contributed by atoms with van der Waals surface area (Å²) in [6, 6.07) is 11.6. The number of ether oxygens (including phenoxy) is 1. The third-order valence-corrected chi connectivity index (χ3v) is 3.97. The SMILES string of the molecule is COc1ccc(C)cc1C(C)NC(=O)c1ccc(C)c(C)c1. The zero-order valence-corrected chi connectivity index (χ0v) is 13.9. The van der Waals surface area contributed by atoms with Crippen LogP contribution >= 0.6 is 0 Å². The molecule has 2 aromatic carbocycles. The molecule has 1 N–H and O–H groups in total. The average molecular weight is 297 g/mol. The molecule has 3 heteroatoms. The zero-order valence-electron chi connectivity index (χ0n) is 13.9. The van der Waals surface area contributed by atoms with Crippen LogP contribution in [0.4, 0.5) is 0 Å². The zero-order chi connectivity index (χ0) is 16.3. The van der Waals surface area contributed by atoms with Gasteiger partial charge in [-0.15, -0.1) is 0 Å². The van der Waals surface area contributed by atoms with Gasteiger partial charge in [0.25, 0.3) is 5.91 Å². The van der Waals surface area contributed by atoms with Gasteiger partial charge in [-0.1, -0.05) is 23.8 Å². The van der Waals surface area contributed by atoms with E-state index in [-0.39, 0.29) is 11.9 Å². The minimum atomic E-state index is -0.121. The number of amides is 1. The Bertz CT molecular complexity index is 692. The van der Waals surface area contributed by atoms with Crippen LogP contribution in [0.1, 0.15) is 45.6 Å². The molecule has 22 heavy (non-hydrogen) atoms. The third-order valence-electron chi connectivity index (χ3n) is 3.97. The van der Waals surface area contributed by atoms with Gasteiger partial charge in [0.05, 0.1) is 13.2 Å². The fourth-order valence-corrected chi connectivity index (χ4v) is 2.43. The average Bonchev–Trinajstić information content (AvgIpc) is 2.49. The van der Waals surface area contributed by atoms with Crippen molar-refractivity contribution in [1.29, 1.82) is 0 Å². The van der Waals surface area contributed by atoms with Gasteiger partial charge in [0.2, 0.25) is 0 Å². The van der Waals surface area contributed by atoms with E-state index in [4.69, 9.17) is 4.74 Å². The fourth-order valence-electron chi connectivity index (χ4n) is 2.43. The van der Waals surface area contributed by atoms with Crippen LogP contribution in [0.15, 0.2) is 36.4 Å². The predicted octanol–water partition coefficient (Wildman–Crippen LogP) is 4.11. The molecule has 0 saturated heterocycles. The Morgan fingerprint density at radius 1 is 1.05 bits per heavy atom. The monoisotopic (exact) mass is 297 g/mol. The minimum Gasteiger partial charge on any atom is -0.496 e. The lowest BCUT2D eigenvalue weighted by atomic mass is 10.0. The van der Waals surface area contributed by atoms with E-state index in [1.54, 1.807) is 7.11 Å². The first-order valence-corrected chi connectivity index (χ1v) is 7.45. The molecule has 0 aromatic heterocycles. The van der Waals surface area contributed by atoms with Crippen LogP contribution in [0.2, 0.25) is 0 Å². The Morgan fingerprint density at radius 2 is 1.77 bits per heavy atom. The first-order chi connectivity index (χ1) is 10.4. The van der Waals surface area contributed by atoms with Gasteiger partial charge in [-0.2, -0.15) is 0 Å². The molecule has 0 radical (unpaired) electrons. The Morgan fingerprint density at radius 3 is 2.41 bits per heavy atom. The van der Waals surface area contributed by atoms with Crippen LogP contribution in [0.25, 0.3) is 0 Å². The molecule has 1 atom stereocenters. The highest BCUT2D eigenvalue weighted by molar-refractivity contribution is 5.94. The van der Waals surface area contributed by atoms with Gasteiger partial charge in [0, 0.05) is 11.1 Å². The second kappa shape index (κ2) is 6.65. The van der Waals surface area contributed by atoms with Crippen molar-refractivity contribution >= 4 is 5.91 Å². The Labute approximate surface area is 132 Å². The van der Waals surface area contributed by atoms with E-state index >= 15 is 0 Å². The quantitative estimate of drug-likeness (QED) is 0.922. The van der Waals surface area contributed by atoms with Gasteiger partial charge in [0.1, 0.15) is 5.75 Å². The standard InChI is InChI=1S/C19H23NO2/c1-12-6-9-18(22-5)17(10-12)15(4)20-19(21)16-8-7-13(2)14(3)11-16/h6-11,15H,1-5H3,(H,20,21). The number of carbonyl (C=O) groups is 1. The van der Waals surface area contributed by atoms with Crippen molar-refractivity contribution in [3.63, 3.8) is 0 Å². The largest absolute Gasteiger partial charge is 0.496 e. The summed E-state index contributed by atoms with van der Waals surface area (Å²) in [6.45, 7) is 8.05. The number of hydrogen-bond acceptors (Lipinski definition) is 2. The summed E-state index contributed by atoms with van der Waals surface area (Å²) in [5.41, 5.74) is 5.11. The van der Waals surface area contributed by atoms with Crippen molar-refractivity contribution in [3.8, 4) is 5.75 Å². The molecule has 1 amide bonds. The number of hydrogen-bond donors (Lipinski definition) is 1. The van der Waals surface area contributed by atoms with Crippen molar-refractivity contribution in [1.82, 2.24) is 5.32 Å². The molecule has 0 bridgehead atoms. The summed E-state index contributed by atoms with van der Waals surface area (Å²) < 4.78 is 5.39. The summed E-state index contributed by atoms with van der Waals surface area (Å²) in [5, 5.41) is 3.04. The second-order valence-corrected chi connectivity index (χ2v) is 5.74. The highest BCUT2D eigenvalue weighted by Gasteiger charge is 2.15. The molecule has 3 nitrogen and oxygen atoms in total. The van der Waals surface area contributed by atoms with E-state index in [1.165, 1.54) is 5.56 Å². The lowest BCUT2D eigenvalue weighted by Gasteiger charge is -2.18. The number of carbonyl (C=O) groups excluding carboxylic acids is 1. The highest BCUT2D eigenvalue weighted by atomic mass is 16.5. The van der Waals surface area contributed by atoms with E-state index in [9.17, 15) is 4.79 Å². The summed E-state index contributed by atoms with van der Waals surface area (Å²) in [4.78, 5) is 12.4. The molecular weight excluding hydrogens is 274 g/mol. The number of methoxy groups -OCH3 is 1. The maximum absolute atomic E-state index is 12.4. The number of nitrogens with one attached hydrogen (secondary N) is 1. The number of benzene rings is 2. The van der Waals surface area contributed by atoms with Crippen molar-refractivity contribution in [2.24, 2.45) is 0 Å². The molecule has 2 aromatic rings. The fraction of sp³-hybridized carbons (Fsp3) is 0.316. The molecule has 0 aliphatic heterocycles. The highest BCUT2D eigenvalue weighted by Crippen LogP contribution is 2.26. The number of aryl methyl sites for hydroxylation is 3. The lowest BCUT2D eigenvalue weighted by molar-refractivity contribution is 0.0939. The predicted molar refractivity (Wildman–Crippen MR) is 89.5 cm³/mol. The van der Waals surface area contributed by atoms with Crippen LogP contribution in [0, 0.1) is 20.8 Å². The van der Waals surface area contributed by atoms with Crippen molar-refractivity contribution in [3.05, 3.63) is 64.2 Å². The van der Waals surface area contributed by atoms with Crippen LogP contribution in [0.3, 0.4) is 0 Å². The van der Waals surface area contributed by atoms with Gasteiger partial charge in [-0.05, 0) is 57.0 Å². The Kier molecular flexibility index (Phi) is 4.86. The first kappa shape index (κ1) is 16.1. The van der Waals surface area contributed by atoms with Gasteiger partial charge in [-0.3, -0.25) is 4.79 Å². The van der Waals surface area contributed by atoms with E-state index in [0.29, 0.717) is 5.56 Å². The first-order valence-electron chi connectivity index (χ1n) is 7.45. The summed E-state index contributed by atoms with van der Waals surface area (Å²) in [7, 11) is 1.64. The van der Waals surface area contributed by atoms with Crippen LogP contribution in [-0.2, 0) is 0 Å². The molecular formula is C19H23NO2. The second-order valence-electron chi connectivity index (χ2n) is 5.74. The van der Waals surface area contributed by atoms with Gasteiger partial charge in [0.15, 0.2) is 0 Å². The smallest absolute Gasteiger partial charge is 0.251 e. The van der Waals surface area contributed by atoms with Crippen molar-refractivity contribution in [2.75, 3.05) is 7.11 Å². The summed E-state index contributed by atoms with van der Waals surface area (Å²) in [6.07, 6.45) is 0. The molecule has 0 aliphatic rings. The maximum Gasteiger partial charge on any atom is 0.251 e. The molecule has 116 valence electrons. The lowest BCUT2D eigenvalue weighted by Crippen LogP contribution is -2.27. The molecule has 1 unspecified atom stereocenters. The third kappa shape index (κ3) is 3.48. The van der Waals surface area contributed by atoms with Gasteiger partial charge in [-0.25, -0.2) is 0 Å². The van der Waals surface area contributed by atoms with E-state index in [0.717, 1.165) is 22.4 Å². The van der Waals surface area contributed by atoms with Gasteiger partial charge >= 0.3 is 0 Å². The molecule has 0 saturated carbocycles. The van der Waals surface area contributed by atoms with E-state index < -0.39 is 0 Å². The number of rotatable bonds is 4. The molecule has 2 rings (SSSR count). The van der Waals surface area contributed by atoms with Crippen LogP contribution < -0.4 is 10.1 Å². The Hall–Kier alpha value is -2.29. The van der Waals surface area contributed by atoms with Crippen LogP contribution in [-0.4, -0.2) is 13.0 Å². The maximum atomic E-state index is 12.4. The summed E-state index contributed by atoms with van der Waals surface area (Å²) in [5.74, 6) is 0.720. The van der Waals surface area contributed by atoms with Crippen molar-refractivity contribution < 1.29 is 9.53 Å². The minimum absolute atomic E-state index is 0.0702. The van der Waals surface area contributed by atoms with Crippen LogP contribution in [0.5, 0.6) is 5.75 Å². The molecule has 0 fully saturated rings. The molecule has 0 spiro atoms. The van der Waals surface area contributed by atoms with Gasteiger partial charge < -0.3 is 10.1 Å². The molecule has 0 heterocycles. The molecule has 0 aliphatic carbocycles. The Balaban J connectivity index is 2.21. The topological polar surface area (TPSA) is 38.3 Å². The van der Waals surface area contributed by atoms with E-state index in [1.807, 2.05) is 64.1 Å². The van der Waals surface area contributed by atoms with E-state index in [2.05, 4.69) is 5.32 Å². The van der Waals surface area contributed by atoms with Crippen molar-refractivity contribution in [2.45, 2.75) is 33.7 Å².